The summed E-state index contributed by atoms with van der Waals surface area (Å²) in [5.41, 5.74) is 4.26. The Hall–Kier alpha value is -4.46. The molecule has 8 heteroatoms. The maximum absolute atomic E-state index is 14.8. The first kappa shape index (κ1) is 18.3. The Morgan fingerprint density at radius 2 is 1.72 bits per heavy atom. The number of rotatable bonds is 3. The van der Waals surface area contributed by atoms with E-state index in [1.54, 1.807) is 48.9 Å². The lowest BCUT2D eigenvalue weighted by Gasteiger charge is -2.04. The first-order valence-corrected chi connectivity index (χ1v) is 9.87. The number of fused-ring (bicyclic) bond motifs is 2. The standard InChI is InChI=1S/C24H14F2N6/c25-18-6-2-1-5-15(18)16-7-9-28-23-21(16)29-24(30-23)22-17-10-14(13-4-3-8-27-12-13)11-19(26)20(17)31-32-22/h1-12H,(H,31,32)(H,28,29,30). The first-order chi connectivity index (χ1) is 15.7. The number of aromatic nitrogens is 6. The molecule has 154 valence electrons. The SMILES string of the molecule is Fc1ccccc1-c1ccnc2nc(-c3[nH]nc4c(F)cc(-c5cccnc5)cc34)[nH]c12. The number of H-pyrrole nitrogens is 2. The van der Waals surface area contributed by atoms with Gasteiger partial charge in [0.2, 0.25) is 0 Å². The fraction of sp³-hybridized carbons (Fsp3) is 0. The molecule has 0 saturated carbocycles. The zero-order valence-corrected chi connectivity index (χ0v) is 16.5. The lowest BCUT2D eigenvalue weighted by molar-refractivity contribution is 0.631. The molecule has 2 aromatic carbocycles. The third-order valence-electron chi connectivity index (χ3n) is 5.40. The molecule has 0 saturated heterocycles. The Balaban J connectivity index is 1.55. The van der Waals surface area contributed by atoms with Crippen molar-refractivity contribution in [3.05, 3.63) is 84.8 Å². The van der Waals surface area contributed by atoms with E-state index >= 15 is 0 Å². The summed E-state index contributed by atoms with van der Waals surface area (Å²) in [6, 6.07) is 15.2. The van der Waals surface area contributed by atoms with Crippen LogP contribution in [0.5, 0.6) is 0 Å². The van der Waals surface area contributed by atoms with E-state index in [1.165, 1.54) is 12.1 Å². The summed E-state index contributed by atoms with van der Waals surface area (Å²) in [6.45, 7) is 0. The molecule has 6 aromatic rings. The number of hydrogen-bond donors (Lipinski definition) is 2. The molecule has 0 aliphatic rings. The molecular formula is C24H14F2N6. The van der Waals surface area contributed by atoms with Gasteiger partial charge in [-0.25, -0.2) is 18.7 Å². The predicted octanol–water partition coefficient (Wildman–Crippen LogP) is 5.51. The molecular weight excluding hydrogens is 410 g/mol. The van der Waals surface area contributed by atoms with Gasteiger partial charge in [-0.15, -0.1) is 0 Å². The summed E-state index contributed by atoms with van der Waals surface area (Å²) in [5.74, 6) is -0.363. The van der Waals surface area contributed by atoms with Crippen LogP contribution in [0.4, 0.5) is 8.78 Å². The van der Waals surface area contributed by atoms with Gasteiger partial charge in [-0.1, -0.05) is 24.3 Å². The summed E-state index contributed by atoms with van der Waals surface area (Å²) in [7, 11) is 0. The number of benzene rings is 2. The summed E-state index contributed by atoms with van der Waals surface area (Å²) in [5, 5.41) is 7.58. The van der Waals surface area contributed by atoms with Crippen LogP contribution in [-0.4, -0.2) is 30.1 Å². The molecule has 0 amide bonds. The monoisotopic (exact) mass is 424 g/mol. The second-order valence-corrected chi connectivity index (χ2v) is 7.32. The largest absolute Gasteiger partial charge is 0.335 e. The van der Waals surface area contributed by atoms with E-state index in [9.17, 15) is 8.78 Å². The Morgan fingerprint density at radius 3 is 2.56 bits per heavy atom. The van der Waals surface area contributed by atoms with Gasteiger partial charge in [-0.05, 0) is 35.9 Å². The molecule has 32 heavy (non-hydrogen) atoms. The minimum atomic E-state index is -0.454. The molecule has 0 fully saturated rings. The van der Waals surface area contributed by atoms with Gasteiger partial charge < -0.3 is 4.98 Å². The van der Waals surface area contributed by atoms with Gasteiger partial charge in [0.05, 0.1) is 5.52 Å². The topological polar surface area (TPSA) is 83.1 Å². The highest BCUT2D eigenvalue weighted by molar-refractivity contribution is 5.97. The molecule has 0 atom stereocenters. The molecule has 4 aromatic heterocycles. The first-order valence-electron chi connectivity index (χ1n) is 9.87. The van der Waals surface area contributed by atoms with Crippen LogP contribution in [0.25, 0.3) is 55.8 Å². The minimum absolute atomic E-state index is 0.204. The third-order valence-corrected chi connectivity index (χ3v) is 5.40. The summed E-state index contributed by atoms with van der Waals surface area (Å²) >= 11 is 0. The zero-order valence-electron chi connectivity index (χ0n) is 16.5. The lowest BCUT2D eigenvalue weighted by Crippen LogP contribution is -1.87. The summed E-state index contributed by atoms with van der Waals surface area (Å²) in [4.78, 5) is 16.2. The zero-order chi connectivity index (χ0) is 21.7. The van der Waals surface area contributed by atoms with Crippen molar-refractivity contribution in [2.24, 2.45) is 0 Å². The van der Waals surface area contributed by atoms with Crippen LogP contribution < -0.4 is 0 Å². The molecule has 0 spiro atoms. The highest BCUT2D eigenvalue weighted by Gasteiger charge is 2.18. The molecule has 2 N–H and O–H groups in total. The van der Waals surface area contributed by atoms with Gasteiger partial charge in [0.15, 0.2) is 17.3 Å². The van der Waals surface area contributed by atoms with E-state index in [4.69, 9.17) is 0 Å². The number of halogens is 2. The van der Waals surface area contributed by atoms with Gasteiger partial charge >= 0.3 is 0 Å². The average Bonchev–Trinajstić information content (AvgIpc) is 3.44. The van der Waals surface area contributed by atoms with Crippen LogP contribution in [0.3, 0.4) is 0 Å². The highest BCUT2D eigenvalue weighted by Crippen LogP contribution is 2.34. The van der Waals surface area contributed by atoms with Gasteiger partial charge in [-0.2, -0.15) is 5.10 Å². The number of aromatic amines is 2. The van der Waals surface area contributed by atoms with Gasteiger partial charge in [0, 0.05) is 40.7 Å². The van der Waals surface area contributed by atoms with Crippen molar-refractivity contribution in [2.45, 2.75) is 0 Å². The number of nitrogens with one attached hydrogen (secondary N) is 2. The van der Waals surface area contributed by atoms with Crippen LogP contribution in [0.2, 0.25) is 0 Å². The Labute approximate surface area is 180 Å². The van der Waals surface area contributed by atoms with Crippen molar-refractivity contribution in [3.63, 3.8) is 0 Å². The fourth-order valence-corrected chi connectivity index (χ4v) is 3.89. The van der Waals surface area contributed by atoms with E-state index in [0.29, 0.717) is 44.8 Å². The Bertz CT molecular complexity index is 1600. The second kappa shape index (κ2) is 7.05. The molecule has 6 rings (SSSR count). The number of nitrogens with zero attached hydrogens (tertiary/aromatic N) is 4. The van der Waals surface area contributed by atoms with Crippen LogP contribution in [0, 0.1) is 11.6 Å². The van der Waals surface area contributed by atoms with E-state index in [-0.39, 0.29) is 11.3 Å². The van der Waals surface area contributed by atoms with Gasteiger partial charge in [0.25, 0.3) is 0 Å². The van der Waals surface area contributed by atoms with Crippen molar-refractivity contribution in [1.29, 1.82) is 0 Å². The predicted molar refractivity (Wildman–Crippen MR) is 118 cm³/mol. The van der Waals surface area contributed by atoms with Crippen LogP contribution in [0.1, 0.15) is 0 Å². The maximum atomic E-state index is 14.8. The van der Waals surface area contributed by atoms with E-state index in [2.05, 4.69) is 30.1 Å². The van der Waals surface area contributed by atoms with Crippen LogP contribution >= 0.6 is 0 Å². The molecule has 0 aliphatic heterocycles. The van der Waals surface area contributed by atoms with E-state index in [0.717, 1.165) is 5.56 Å². The molecule has 0 unspecified atom stereocenters. The number of imidazole rings is 1. The smallest absolute Gasteiger partial charge is 0.178 e. The molecule has 0 aliphatic carbocycles. The second-order valence-electron chi connectivity index (χ2n) is 7.32. The number of hydrogen-bond acceptors (Lipinski definition) is 4. The van der Waals surface area contributed by atoms with Crippen molar-refractivity contribution in [3.8, 4) is 33.8 Å². The fourth-order valence-electron chi connectivity index (χ4n) is 3.89. The van der Waals surface area contributed by atoms with Crippen molar-refractivity contribution in [2.75, 3.05) is 0 Å². The molecule has 0 bridgehead atoms. The Morgan fingerprint density at radius 1 is 0.812 bits per heavy atom. The van der Waals surface area contributed by atoms with Gasteiger partial charge in [0.1, 0.15) is 17.0 Å². The lowest BCUT2D eigenvalue weighted by atomic mass is 10.0. The minimum Gasteiger partial charge on any atom is -0.335 e. The third kappa shape index (κ3) is 2.84. The van der Waals surface area contributed by atoms with Crippen LogP contribution in [0.15, 0.2) is 73.2 Å². The summed E-state index contributed by atoms with van der Waals surface area (Å²) < 4.78 is 29.2. The van der Waals surface area contributed by atoms with Crippen LogP contribution in [-0.2, 0) is 0 Å². The van der Waals surface area contributed by atoms with Crippen molar-refractivity contribution >= 4 is 22.1 Å². The van der Waals surface area contributed by atoms with E-state index in [1.807, 2.05) is 12.1 Å². The van der Waals surface area contributed by atoms with Gasteiger partial charge in [-0.3, -0.25) is 10.1 Å². The normalized spacial score (nSPS) is 11.4. The molecule has 4 heterocycles. The average molecular weight is 424 g/mol. The maximum Gasteiger partial charge on any atom is 0.178 e. The van der Waals surface area contributed by atoms with E-state index < -0.39 is 5.82 Å². The van der Waals surface area contributed by atoms with Crippen molar-refractivity contribution in [1.82, 2.24) is 30.1 Å². The number of pyridine rings is 2. The molecule has 0 radical (unpaired) electrons. The summed E-state index contributed by atoms with van der Waals surface area (Å²) in [6.07, 6.45) is 4.92. The Kier molecular flexibility index (Phi) is 4.04. The quantitative estimate of drug-likeness (QED) is 0.393. The highest BCUT2D eigenvalue weighted by atomic mass is 19.1. The van der Waals surface area contributed by atoms with Crippen molar-refractivity contribution < 1.29 is 8.78 Å². The molecule has 6 nitrogen and oxygen atoms in total.